The van der Waals surface area contributed by atoms with Gasteiger partial charge in [-0.05, 0) is 0 Å². The van der Waals surface area contributed by atoms with Gasteiger partial charge >= 0.3 is 0 Å². The smallest absolute Gasteiger partial charge is 0.287 e. The molecule has 0 N–H and O–H groups in total. The molecule has 0 aromatic rings. The van der Waals surface area contributed by atoms with Gasteiger partial charge in [-0.2, -0.15) is 10.5 Å². The lowest BCUT2D eigenvalue weighted by Gasteiger charge is -1.96. The Morgan fingerprint density at radius 3 is 1.73 bits per heavy atom. The molecule has 0 atom stereocenters. The normalized spacial score (nSPS) is 9.27. The van der Waals surface area contributed by atoms with Crippen molar-refractivity contribution in [1.29, 1.82) is 10.5 Å². The van der Waals surface area contributed by atoms with Crippen molar-refractivity contribution in [2.45, 2.75) is 0 Å². The predicted molar refractivity (Wildman–Crippen MR) is 32.0 cm³/mol. The zero-order valence-electron chi connectivity index (χ0n) is 5.35. The van der Waals surface area contributed by atoms with Gasteiger partial charge in [-0.25, -0.2) is 8.42 Å². The van der Waals surface area contributed by atoms with Crippen LogP contribution in [0.25, 0.3) is 0 Å². The monoisotopic (exact) mass is 176 g/mol. The summed E-state index contributed by atoms with van der Waals surface area (Å²) in [7, 11) is -3.60. The second kappa shape index (κ2) is 4.36. The van der Waals surface area contributed by atoms with Gasteiger partial charge in [-0.15, -0.1) is 0 Å². The first kappa shape index (κ1) is 9.53. The number of hydrogen-bond donors (Lipinski definition) is 0. The zero-order chi connectivity index (χ0) is 8.74. The first-order chi connectivity index (χ1) is 5.12. The van der Waals surface area contributed by atoms with E-state index in [9.17, 15) is 8.42 Å². The van der Waals surface area contributed by atoms with Gasteiger partial charge in [0, 0.05) is 0 Å². The molecule has 0 aliphatic carbocycles. The highest BCUT2D eigenvalue weighted by atomic mass is 32.2. The third kappa shape index (κ3) is 5.00. The minimum absolute atomic E-state index is 0.759. The molecule has 0 heterocycles. The molecule has 6 nitrogen and oxygen atoms in total. The molecule has 0 saturated heterocycles. The molecular formula is C4H4N2O4S. The number of nitrogens with zero attached hydrogens (tertiary/aromatic N) is 2. The summed E-state index contributed by atoms with van der Waals surface area (Å²) >= 11 is 0. The minimum atomic E-state index is -3.60. The van der Waals surface area contributed by atoms with Gasteiger partial charge in [0.2, 0.25) is 21.7 Å². The zero-order valence-corrected chi connectivity index (χ0v) is 6.17. The maximum absolute atomic E-state index is 10.6. The summed E-state index contributed by atoms with van der Waals surface area (Å²) in [6.45, 7) is 0. The Labute approximate surface area is 63.5 Å². The average molecular weight is 176 g/mol. The van der Waals surface area contributed by atoms with E-state index in [4.69, 9.17) is 10.5 Å². The fourth-order valence-electron chi connectivity index (χ4n) is 0.266. The van der Waals surface area contributed by atoms with Crippen molar-refractivity contribution >= 4 is 9.84 Å². The van der Waals surface area contributed by atoms with E-state index >= 15 is 0 Å². The number of ether oxygens (including phenoxy) is 2. The Balaban J connectivity index is 3.86. The van der Waals surface area contributed by atoms with Crippen LogP contribution in [0.5, 0.6) is 0 Å². The highest BCUT2D eigenvalue weighted by Crippen LogP contribution is 1.90. The van der Waals surface area contributed by atoms with Crippen LogP contribution in [-0.4, -0.2) is 20.3 Å². The fraction of sp³-hybridized carbons (Fsp3) is 0.500. The number of nitriles is 2. The summed E-state index contributed by atoms with van der Waals surface area (Å²) in [5.41, 5.74) is 0. The Bertz CT molecular complexity index is 258. The van der Waals surface area contributed by atoms with Gasteiger partial charge in [-0.3, -0.25) is 0 Å². The molecule has 0 radical (unpaired) electrons. The van der Waals surface area contributed by atoms with Crippen molar-refractivity contribution in [3.8, 4) is 12.5 Å². The first-order valence-electron chi connectivity index (χ1n) is 2.34. The maximum atomic E-state index is 10.6. The van der Waals surface area contributed by atoms with E-state index in [0.29, 0.717) is 0 Å². The molecule has 0 fully saturated rings. The first-order valence-corrected chi connectivity index (χ1v) is 4.16. The van der Waals surface area contributed by atoms with E-state index < -0.39 is 21.7 Å². The van der Waals surface area contributed by atoms with Crippen molar-refractivity contribution in [2.75, 3.05) is 11.9 Å². The summed E-state index contributed by atoms with van der Waals surface area (Å²) in [5.74, 6) is -1.52. The Morgan fingerprint density at radius 2 is 1.45 bits per heavy atom. The van der Waals surface area contributed by atoms with Crippen molar-refractivity contribution in [1.82, 2.24) is 0 Å². The minimum Gasteiger partial charge on any atom is -0.411 e. The van der Waals surface area contributed by atoms with Gasteiger partial charge in [-0.1, -0.05) is 0 Å². The standard InChI is InChI=1S/C4H4N2O4S/c5-1-9-3-11(7,8)4-10-2-6/h3-4H2. The molecule has 0 spiro atoms. The van der Waals surface area contributed by atoms with Crippen LogP contribution in [0.15, 0.2) is 0 Å². The Kier molecular flexibility index (Phi) is 3.78. The molecule has 0 rings (SSSR count). The third-order valence-corrected chi connectivity index (χ3v) is 1.56. The van der Waals surface area contributed by atoms with Crippen molar-refractivity contribution in [3.05, 3.63) is 0 Å². The molecular weight excluding hydrogens is 172 g/mol. The quantitative estimate of drug-likeness (QED) is 0.525. The molecule has 0 aromatic heterocycles. The van der Waals surface area contributed by atoms with E-state index in [0.717, 1.165) is 0 Å². The summed E-state index contributed by atoms with van der Waals surface area (Å²) in [6, 6.07) is 0. The summed E-state index contributed by atoms with van der Waals surface area (Å²) in [5, 5.41) is 15.6. The second-order valence-electron chi connectivity index (χ2n) is 1.45. The number of rotatable bonds is 4. The van der Waals surface area contributed by atoms with Crippen LogP contribution in [0.1, 0.15) is 0 Å². The highest BCUT2D eigenvalue weighted by Gasteiger charge is 2.11. The van der Waals surface area contributed by atoms with Gasteiger partial charge in [0.1, 0.15) is 0 Å². The topological polar surface area (TPSA) is 100 Å². The molecule has 0 saturated carbocycles. The highest BCUT2D eigenvalue weighted by molar-refractivity contribution is 7.91. The molecule has 0 unspecified atom stereocenters. The van der Waals surface area contributed by atoms with Crippen LogP contribution in [0.3, 0.4) is 0 Å². The van der Waals surface area contributed by atoms with Crippen LogP contribution < -0.4 is 0 Å². The summed E-state index contributed by atoms with van der Waals surface area (Å²) in [4.78, 5) is 0. The second-order valence-corrected chi connectivity index (χ2v) is 3.41. The number of hydrogen-bond acceptors (Lipinski definition) is 6. The lowest BCUT2D eigenvalue weighted by Crippen LogP contribution is -2.12. The van der Waals surface area contributed by atoms with Gasteiger partial charge in [0.15, 0.2) is 0 Å². The number of sulfone groups is 1. The lowest BCUT2D eigenvalue weighted by molar-refractivity contribution is 0.300. The molecule has 7 heteroatoms. The predicted octanol–water partition coefficient (Wildman–Crippen LogP) is -0.688. The Morgan fingerprint density at radius 1 is 1.09 bits per heavy atom. The summed E-state index contributed by atoms with van der Waals surface area (Å²) in [6.07, 6.45) is 2.37. The fourth-order valence-corrected chi connectivity index (χ4v) is 0.799. The van der Waals surface area contributed by atoms with Crippen molar-refractivity contribution < 1.29 is 17.9 Å². The van der Waals surface area contributed by atoms with Crippen molar-refractivity contribution in [3.63, 3.8) is 0 Å². The molecule has 0 aliphatic heterocycles. The average Bonchev–Trinajstić information content (AvgIpc) is 1.97. The van der Waals surface area contributed by atoms with Crippen molar-refractivity contribution in [2.24, 2.45) is 0 Å². The molecule has 0 aliphatic rings. The third-order valence-electron chi connectivity index (χ3n) is 0.606. The SMILES string of the molecule is N#COCS(=O)(=O)COC#N. The van der Waals surface area contributed by atoms with Gasteiger partial charge < -0.3 is 9.47 Å². The maximum Gasteiger partial charge on any atom is 0.287 e. The molecule has 11 heavy (non-hydrogen) atoms. The largest absolute Gasteiger partial charge is 0.411 e. The summed E-state index contributed by atoms with van der Waals surface area (Å²) < 4.78 is 29.0. The van der Waals surface area contributed by atoms with Crippen LogP contribution in [0, 0.1) is 23.0 Å². The van der Waals surface area contributed by atoms with Crippen LogP contribution in [-0.2, 0) is 19.3 Å². The molecule has 0 bridgehead atoms. The molecule has 0 aromatic carbocycles. The van der Waals surface area contributed by atoms with E-state index in [2.05, 4.69) is 9.47 Å². The van der Waals surface area contributed by atoms with Gasteiger partial charge in [0.25, 0.3) is 12.5 Å². The molecule has 0 amide bonds. The van der Waals surface area contributed by atoms with Gasteiger partial charge in [0.05, 0.1) is 0 Å². The Hall–Kier alpha value is -1.47. The van der Waals surface area contributed by atoms with Crippen LogP contribution in [0.4, 0.5) is 0 Å². The van der Waals surface area contributed by atoms with E-state index in [-0.39, 0.29) is 0 Å². The lowest BCUT2D eigenvalue weighted by atomic mass is 11.5. The van der Waals surface area contributed by atoms with Crippen LogP contribution in [0.2, 0.25) is 0 Å². The molecule has 60 valence electrons. The van der Waals surface area contributed by atoms with E-state index in [1.807, 2.05) is 0 Å². The van der Waals surface area contributed by atoms with Crippen LogP contribution >= 0.6 is 0 Å². The van der Waals surface area contributed by atoms with E-state index in [1.54, 1.807) is 0 Å². The van der Waals surface area contributed by atoms with E-state index in [1.165, 1.54) is 12.5 Å².